The van der Waals surface area contributed by atoms with Gasteiger partial charge in [-0.1, -0.05) is 0 Å². The van der Waals surface area contributed by atoms with Crippen LogP contribution in [0.4, 0.5) is 0 Å². The van der Waals surface area contributed by atoms with Gasteiger partial charge in [0.25, 0.3) is 0 Å². The molecular formula is C7H14ClNO. The Morgan fingerprint density at radius 1 is 1.40 bits per heavy atom. The van der Waals surface area contributed by atoms with Crippen LogP contribution in [0.3, 0.4) is 0 Å². The van der Waals surface area contributed by atoms with E-state index in [4.69, 9.17) is 10.5 Å². The van der Waals surface area contributed by atoms with E-state index in [1.807, 2.05) is 0 Å². The molecule has 0 bridgehead atoms. The van der Waals surface area contributed by atoms with E-state index in [-0.39, 0.29) is 12.4 Å². The van der Waals surface area contributed by atoms with Crippen LogP contribution in [0.2, 0.25) is 0 Å². The summed E-state index contributed by atoms with van der Waals surface area (Å²) in [6.07, 6.45) is 4.15. The molecule has 2 nitrogen and oxygen atoms in total. The van der Waals surface area contributed by atoms with Crippen LogP contribution in [0.5, 0.6) is 0 Å². The van der Waals surface area contributed by atoms with E-state index in [1.165, 1.54) is 12.8 Å². The van der Waals surface area contributed by atoms with Crippen molar-refractivity contribution in [3.8, 4) is 0 Å². The van der Waals surface area contributed by atoms with Crippen molar-refractivity contribution in [3.63, 3.8) is 0 Å². The molecule has 0 aromatic rings. The summed E-state index contributed by atoms with van der Waals surface area (Å²) in [5.41, 5.74) is 5.75. The summed E-state index contributed by atoms with van der Waals surface area (Å²) in [4.78, 5) is 0. The lowest BCUT2D eigenvalue weighted by atomic mass is 9.73. The summed E-state index contributed by atoms with van der Waals surface area (Å²) < 4.78 is 5.47. The first-order valence-corrected chi connectivity index (χ1v) is 3.75. The van der Waals surface area contributed by atoms with E-state index in [2.05, 4.69) is 0 Å². The first kappa shape index (κ1) is 8.31. The molecular weight excluding hydrogens is 150 g/mol. The van der Waals surface area contributed by atoms with Crippen molar-refractivity contribution in [3.05, 3.63) is 0 Å². The van der Waals surface area contributed by atoms with Gasteiger partial charge < -0.3 is 10.5 Å². The second-order valence-corrected chi connectivity index (χ2v) is 3.11. The fraction of sp³-hybridized carbons (Fsp3) is 1.00. The molecule has 2 fully saturated rings. The van der Waals surface area contributed by atoms with E-state index in [1.54, 1.807) is 0 Å². The number of rotatable bonds is 0. The van der Waals surface area contributed by atoms with Crippen LogP contribution in [0.1, 0.15) is 19.3 Å². The molecule has 3 atom stereocenters. The van der Waals surface area contributed by atoms with Crippen LogP contribution >= 0.6 is 12.4 Å². The summed E-state index contributed by atoms with van der Waals surface area (Å²) in [6, 6.07) is 0.454. The number of halogens is 1. The summed E-state index contributed by atoms with van der Waals surface area (Å²) >= 11 is 0. The van der Waals surface area contributed by atoms with Crippen LogP contribution in [-0.2, 0) is 4.74 Å². The predicted molar refractivity (Wildman–Crippen MR) is 42.3 cm³/mol. The molecule has 1 aliphatic heterocycles. The van der Waals surface area contributed by atoms with Crippen LogP contribution < -0.4 is 5.73 Å². The predicted octanol–water partition coefficient (Wildman–Crippen LogP) is 0.934. The number of hydrogen-bond donors (Lipinski definition) is 1. The van der Waals surface area contributed by atoms with E-state index < -0.39 is 0 Å². The molecule has 1 saturated carbocycles. The maximum atomic E-state index is 5.75. The molecule has 2 aliphatic rings. The van der Waals surface area contributed by atoms with Gasteiger partial charge in [-0.05, 0) is 19.3 Å². The van der Waals surface area contributed by atoms with Crippen LogP contribution in [0.15, 0.2) is 0 Å². The molecule has 3 heteroatoms. The van der Waals surface area contributed by atoms with Gasteiger partial charge in [-0.2, -0.15) is 0 Å². The van der Waals surface area contributed by atoms with Gasteiger partial charge in [0, 0.05) is 18.6 Å². The minimum absolute atomic E-state index is 0. The van der Waals surface area contributed by atoms with Crippen molar-refractivity contribution < 1.29 is 4.74 Å². The van der Waals surface area contributed by atoms with Gasteiger partial charge in [0.15, 0.2) is 0 Å². The summed E-state index contributed by atoms with van der Waals surface area (Å²) in [5, 5.41) is 0. The van der Waals surface area contributed by atoms with Gasteiger partial charge >= 0.3 is 0 Å². The Morgan fingerprint density at radius 3 is 2.70 bits per heavy atom. The van der Waals surface area contributed by atoms with E-state index in [0.717, 1.165) is 13.0 Å². The molecule has 0 spiro atoms. The lowest BCUT2D eigenvalue weighted by Gasteiger charge is -2.45. The normalized spacial score (nSPS) is 44.7. The summed E-state index contributed by atoms with van der Waals surface area (Å²) in [6.45, 7) is 0.966. The zero-order chi connectivity index (χ0) is 6.27. The summed E-state index contributed by atoms with van der Waals surface area (Å²) in [7, 11) is 0. The highest BCUT2D eigenvalue weighted by Gasteiger charge is 2.40. The molecule has 10 heavy (non-hydrogen) atoms. The van der Waals surface area contributed by atoms with Crippen molar-refractivity contribution in [1.82, 2.24) is 0 Å². The van der Waals surface area contributed by atoms with E-state index in [0.29, 0.717) is 18.1 Å². The highest BCUT2D eigenvalue weighted by Crippen LogP contribution is 2.36. The summed E-state index contributed by atoms with van der Waals surface area (Å²) in [5.74, 6) is 0.707. The monoisotopic (exact) mass is 163 g/mol. The number of ether oxygens (including phenoxy) is 1. The van der Waals surface area contributed by atoms with Gasteiger partial charge in [-0.15, -0.1) is 12.4 Å². The first-order valence-electron chi connectivity index (χ1n) is 3.75. The fourth-order valence-electron chi connectivity index (χ4n) is 1.84. The Kier molecular flexibility index (Phi) is 2.55. The van der Waals surface area contributed by atoms with Gasteiger partial charge in [0.1, 0.15) is 0 Å². The molecule has 1 aliphatic carbocycles. The minimum Gasteiger partial charge on any atom is -0.378 e. The van der Waals surface area contributed by atoms with Crippen LogP contribution in [-0.4, -0.2) is 18.8 Å². The molecule has 2 rings (SSSR count). The van der Waals surface area contributed by atoms with E-state index in [9.17, 15) is 0 Å². The van der Waals surface area contributed by atoms with Crippen LogP contribution in [0.25, 0.3) is 0 Å². The van der Waals surface area contributed by atoms with Crippen molar-refractivity contribution in [1.29, 1.82) is 0 Å². The third kappa shape index (κ3) is 1.16. The van der Waals surface area contributed by atoms with Gasteiger partial charge in [0.2, 0.25) is 0 Å². The molecule has 2 N–H and O–H groups in total. The third-order valence-corrected chi connectivity index (χ3v) is 2.55. The Balaban J connectivity index is 0.000000500. The molecule has 1 saturated heterocycles. The topological polar surface area (TPSA) is 35.2 Å². The Morgan fingerprint density at radius 2 is 2.20 bits per heavy atom. The van der Waals surface area contributed by atoms with Crippen LogP contribution in [0, 0.1) is 5.92 Å². The molecule has 60 valence electrons. The number of hydrogen-bond acceptors (Lipinski definition) is 2. The molecule has 1 unspecified atom stereocenters. The smallest absolute Gasteiger partial charge is 0.0632 e. The Bertz CT molecular complexity index is 118. The average Bonchev–Trinajstić information content (AvgIpc) is 1.86. The molecule has 0 aromatic heterocycles. The largest absolute Gasteiger partial charge is 0.378 e. The highest BCUT2D eigenvalue weighted by molar-refractivity contribution is 5.85. The lowest BCUT2D eigenvalue weighted by Crippen LogP contribution is -2.54. The third-order valence-electron chi connectivity index (χ3n) is 2.55. The second-order valence-electron chi connectivity index (χ2n) is 3.11. The lowest BCUT2D eigenvalue weighted by molar-refractivity contribution is -0.0943. The standard InChI is InChI=1S/C7H13NO.ClH/c8-6-4-7-5(6)2-1-3-9-7;/h5-7H,1-4,8H2;1H/t5-,6?,7+;/m0./s1. The van der Waals surface area contributed by atoms with Crippen molar-refractivity contribution in [2.75, 3.05) is 6.61 Å². The zero-order valence-corrected chi connectivity index (χ0v) is 6.77. The average molecular weight is 164 g/mol. The first-order chi connectivity index (χ1) is 4.38. The quantitative estimate of drug-likeness (QED) is 0.577. The molecule has 0 amide bonds. The minimum atomic E-state index is 0. The van der Waals surface area contributed by atoms with Gasteiger partial charge in [-0.25, -0.2) is 0 Å². The number of fused-ring (bicyclic) bond motifs is 1. The van der Waals surface area contributed by atoms with Crippen molar-refractivity contribution in [2.45, 2.75) is 31.4 Å². The SMILES string of the molecule is Cl.NC1C[C@H]2OCCC[C@@H]12. The maximum Gasteiger partial charge on any atom is 0.0632 e. The Hall–Kier alpha value is 0.210. The molecule has 0 radical (unpaired) electrons. The second kappa shape index (κ2) is 3.07. The fourth-order valence-corrected chi connectivity index (χ4v) is 1.84. The van der Waals surface area contributed by atoms with Crippen molar-refractivity contribution >= 4 is 12.4 Å². The van der Waals surface area contributed by atoms with Crippen molar-refractivity contribution in [2.24, 2.45) is 11.7 Å². The molecule has 1 heterocycles. The highest BCUT2D eigenvalue weighted by atomic mass is 35.5. The Labute approximate surface area is 67.5 Å². The molecule has 0 aromatic carbocycles. The number of nitrogens with two attached hydrogens (primary N) is 1. The van der Waals surface area contributed by atoms with Gasteiger partial charge in [0.05, 0.1) is 6.10 Å². The zero-order valence-electron chi connectivity index (χ0n) is 5.95. The maximum absolute atomic E-state index is 5.75. The van der Waals surface area contributed by atoms with E-state index >= 15 is 0 Å². The van der Waals surface area contributed by atoms with Gasteiger partial charge in [-0.3, -0.25) is 0 Å².